The zero-order valence-electron chi connectivity index (χ0n) is 12.3. The number of hydrogen-bond acceptors (Lipinski definition) is 3. The fourth-order valence-corrected chi connectivity index (χ4v) is 2.30. The summed E-state index contributed by atoms with van der Waals surface area (Å²) in [6.07, 6.45) is 0. The molecule has 0 unspecified atom stereocenters. The van der Waals surface area contributed by atoms with Crippen molar-refractivity contribution in [3.8, 4) is 11.3 Å². The van der Waals surface area contributed by atoms with E-state index in [-0.39, 0.29) is 11.3 Å². The van der Waals surface area contributed by atoms with E-state index in [0.29, 0.717) is 22.4 Å². The number of aryl methyl sites for hydroxylation is 1. The maximum Gasteiger partial charge on any atom is 0.221 e. The SMILES string of the molecule is CC(=O)Nc1ccc2c(=O)cc(-c3ccc(C)cc3)oc2c1. The molecule has 0 aliphatic heterocycles. The monoisotopic (exact) mass is 293 g/mol. The number of nitrogens with one attached hydrogen (secondary N) is 1. The molecule has 4 nitrogen and oxygen atoms in total. The molecular formula is C18H15NO3. The van der Waals surface area contributed by atoms with E-state index in [1.807, 2.05) is 31.2 Å². The fraction of sp³-hybridized carbons (Fsp3) is 0.111. The van der Waals surface area contributed by atoms with Crippen molar-refractivity contribution in [2.45, 2.75) is 13.8 Å². The van der Waals surface area contributed by atoms with E-state index < -0.39 is 0 Å². The van der Waals surface area contributed by atoms with Crippen molar-refractivity contribution in [1.82, 2.24) is 0 Å². The molecule has 3 rings (SSSR count). The summed E-state index contributed by atoms with van der Waals surface area (Å²) in [4.78, 5) is 23.4. The van der Waals surface area contributed by atoms with Gasteiger partial charge in [0.05, 0.1) is 5.39 Å². The molecule has 1 heterocycles. The van der Waals surface area contributed by atoms with Gasteiger partial charge in [-0.25, -0.2) is 0 Å². The molecular weight excluding hydrogens is 278 g/mol. The predicted octanol–water partition coefficient (Wildman–Crippen LogP) is 3.73. The van der Waals surface area contributed by atoms with Gasteiger partial charge >= 0.3 is 0 Å². The van der Waals surface area contributed by atoms with Gasteiger partial charge in [0.25, 0.3) is 0 Å². The Bertz CT molecular complexity index is 908. The van der Waals surface area contributed by atoms with Gasteiger partial charge in [0.15, 0.2) is 5.43 Å². The van der Waals surface area contributed by atoms with Crippen molar-refractivity contribution in [2.75, 3.05) is 5.32 Å². The van der Waals surface area contributed by atoms with Gasteiger partial charge in [0.1, 0.15) is 11.3 Å². The molecule has 4 heteroatoms. The molecule has 0 saturated heterocycles. The molecule has 0 spiro atoms. The smallest absolute Gasteiger partial charge is 0.221 e. The Morgan fingerprint density at radius 3 is 2.45 bits per heavy atom. The van der Waals surface area contributed by atoms with Crippen LogP contribution < -0.4 is 10.7 Å². The molecule has 0 radical (unpaired) electrons. The van der Waals surface area contributed by atoms with E-state index in [2.05, 4.69) is 5.32 Å². The normalized spacial score (nSPS) is 10.6. The van der Waals surface area contributed by atoms with Gasteiger partial charge in [-0.05, 0) is 19.1 Å². The highest BCUT2D eigenvalue weighted by Gasteiger charge is 2.08. The lowest BCUT2D eigenvalue weighted by molar-refractivity contribution is -0.114. The number of fused-ring (bicyclic) bond motifs is 1. The number of rotatable bonds is 2. The summed E-state index contributed by atoms with van der Waals surface area (Å²) in [5.74, 6) is 0.342. The predicted molar refractivity (Wildman–Crippen MR) is 87.0 cm³/mol. The van der Waals surface area contributed by atoms with E-state index in [9.17, 15) is 9.59 Å². The van der Waals surface area contributed by atoms with E-state index in [1.54, 1.807) is 18.2 Å². The number of benzene rings is 2. The van der Waals surface area contributed by atoms with Crippen molar-refractivity contribution < 1.29 is 9.21 Å². The zero-order valence-corrected chi connectivity index (χ0v) is 12.3. The molecule has 0 fully saturated rings. The second-order valence-corrected chi connectivity index (χ2v) is 5.23. The Morgan fingerprint density at radius 2 is 1.77 bits per heavy atom. The van der Waals surface area contributed by atoms with Gasteiger partial charge in [-0.15, -0.1) is 0 Å². The lowest BCUT2D eigenvalue weighted by atomic mass is 10.1. The zero-order chi connectivity index (χ0) is 15.7. The molecule has 22 heavy (non-hydrogen) atoms. The first-order valence-corrected chi connectivity index (χ1v) is 6.95. The third kappa shape index (κ3) is 2.76. The Hall–Kier alpha value is -2.88. The summed E-state index contributed by atoms with van der Waals surface area (Å²) >= 11 is 0. The summed E-state index contributed by atoms with van der Waals surface area (Å²) in [6, 6.07) is 14.3. The molecule has 1 N–H and O–H groups in total. The van der Waals surface area contributed by atoms with Crippen LogP contribution in [0.15, 0.2) is 57.7 Å². The van der Waals surface area contributed by atoms with Crippen LogP contribution in [-0.2, 0) is 4.79 Å². The lowest BCUT2D eigenvalue weighted by Crippen LogP contribution is -2.06. The van der Waals surface area contributed by atoms with E-state index >= 15 is 0 Å². The Balaban J connectivity index is 2.14. The third-order valence-corrected chi connectivity index (χ3v) is 3.39. The highest BCUT2D eigenvalue weighted by molar-refractivity contribution is 5.91. The molecule has 0 aliphatic carbocycles. The van der Waals surface area contributed by atoms with Crippen molar-refractivity contribution in [3.05, 3.63) is 64.3 Å². The molecule has 1 aromatic heterocycles. The second kappa shape index (κ2) is 5.48. The van der Waals surface area contributed by atoms with Crippen LogP contribution in [-0.4, -0.2) is 5.91 Å². The van der Waals surface area contributed by atoms with Gasteiger partial charge in [0.2, 0.25) is 5.91 Å². The summed E-state index contributed by atoms with van der Waals surface area (Å²) < 4.78 is 5.84. The Morgan fingerprint density at radius 1 is 1.05 bits per heavy atom. The number of amides is 1. The van der Waals surface area contributed by atoms with Crippen LogP contribution in [0.4, 0.5) is 5.69 Å². The topological polar surface area (TPSA) is 59.3 Å². The van der Waals surface area contributed by atoms with Crippen LogP contribution in [0.5, 0.6) is 0 Å². The minimum atomic E-state index is -0.170. The molecule has 1 amide bonds. The average Bonchev–Trinajstić information content (AvgIpc) is 2.47. The quantitative estimate of drug-likeness (QED) is 0.783. The largest absolute Gasteiger partial charge is 0.456 e. The van der Waals surface area contributed by atoms with Crippen molar-refractivity contribution >= 4 is 22.6 Å². The highest BCUT2D eigenvalue weighted by Crippen LogP contribution is 2.24. The maximum absolute atomic E-state index is 12.2. The number of carbonyl (C=O) groups excluding carboxylic acids is 1. The van der Waals surface area contributed by atoms with Gasteiger partial charge in [-0.2, -0.15) is 0 Å². The van der Waals surface area contributed by atoms with Crippen LogP contribution >= 0.6 is 0 Å². The second-order valence-electron chi connectivity index (χ2n) is 5.23. The summed E-state index contributed by atoms with van der Waals surface area (Å²) in [5, 5.41) is 3.17. The number of hydrogen-bond donors (Lipinski definition) is 1. The van der Waals surface area contributed by atoms with Crippen LogP contribution in [0.25, 0.3) is 22.3 Å². The molecule has 2 aromatic carbocycles. The molecule has 110 valence electrons. The molecule has 0 bridgehead atoms. The van der Waals surface area contributed by atoms with E-state index in [4.69, 9.17) is 4.42 Å². The Kier molecular flexibility index (Phi) is 3.51. The maximum atomic E-state index is 12.2. The first-order chi connectivity index (χ1) is 10.5. The van der Waals surface area contributed by atoms with Gasteiger partial charge in [-0.3, -0.25) is 9.59 Å². The van der Waals surface area contributed by atoms with Gasteiger partial charge in [0, 0.05) is 30.3 Å². The van der Waals surface area contributed by atoms with Gasteiger partial charge in [-0.1, -0.05) is 29.8 Å². The molecule has 0 aliphatic rings. The van der Waals surface area contributed by atoms with Gasteiger partial charge < -0.3 is 9.73 Å². The van der Waals surface area contributed by atoms with Crippen LogP contribution in [0.1, 0.15) is 12.5 Å². The van der Waals surface area contributed by atoms with Crippen molar-refractivity contribution in [1.29, 1.82) is 0 Å². The minimum Gasteiger partial charge on any atom is -0.456 e. The van der Waals surface area contributed by atoms with Crippen LogP contribution in [0, 0.1) is 6.92 Å². The van der Waals surface area contributed by atoms with Crippen LogP contribution in [0.3, 0.4) is 0 Å². The van der Waals surface area contributed by atoms with E-state index in [1.165, 1.54) is 13.0 Å². The minimum absolute atomic E-state index is 0.105. The standard InChI is InChI=1S/C18H15NO3/c1-11-3-5-13(6-4-11)17-10-16(21)15-8-7-14(19-12(2)20)9-18(15)22-17/h3-10H,1-2H3,(H,19,20). The number of anilines is 1. The highest BCUT2D eigenvalue weighted by atomic mass is 16.3. The summed E-state index contributed by atoms with van der Waals surface area (Å²) in [6.45, 7) is 3.43. The lowest BCUT2D eigenvalue weighted by Gasteiger charge is -2.06. The first-order valence-electron chi connectivity index (χ1n) is 6.95. The van der Waals surface area contributed by atoms with Crippen LogP contribution in [0.2, 0.25) is 0 Å². The molecule has 3 aromatic rings. The van der Waals surface area contributed by atoms with Crippen molar-refractivity contribution in [3.63, 3.8) is 0 Å². The summed E-state index contributed by atoms with van der Waals surface area (Å²) in [5.41, 5.74) is 2.93. The summed E-state index contributed by atoms with van der Waals surface area (Å²) in [7, 11) is 0. The fourth-order valence-electron chi connectivity index (χ4n) is 2.30. The average molecular weight is 293 g/mol. The molecule has 0 atom stereocenters. The Labute approximate surface area is 127 Å². The number of carbonyl (C=O) groups is 1. The molecule has 0 saturated carbocycles. The first kappa shape index (κ1) is 14.1. The van der Waals surface area contributed by atoms with Crippen molar-refractivity contribution in [2.24, 2.45) is 0 Å². The van der Waals surface area contributed by atoms with E-state index in [0.717, 1.165) is 11.1 Å². The third-order valence-electron chi connectivity index (χ3n) is 3.39.